The number of nitrogens with one attached hydrogen (secondary N) is 1. The molecule has 0 bridgehead atoms. The number of rotatable bonds is 6. The van der Waals surface area contributed by atoms with E-state index in [1.54, 1.807) is 0 Å². The van der Waals surface area contributed by atoms with Gasteiger partial charge in [-0.15, -0.1) is 0 Å². The average molecular weight is 167 g/mol. The SMILES string of the molecule is CC/C=C\C=C\C(CCC)NC. The molecule has 0 aliphatic heterocycles. The fraction of sp³-hybridized carbons (Fsp3) is 0.636. The van der Waals surface area contributed by atoms with Crippen molar-refractivity contribution in [2.75, 3.05) is 7.05 Å². The van der Waals surface area contributed by atoms with Gasteiger partial charge in [0, 0.05) is 6.04 Å². The highest BCUT2D eigenvalue weighted by atomic mass is 14.8. The van der Waals surface area contributed by atoms with E-state index in [1.807, 2.05) is 7.05 Å². The lowest BCUT2D eigenvalue weighted by Gasteiger charge is -2.08. The summed E-state index contributed by atoms with van der Waals surface area (Å²) < 4.78 is 0. The number of hydrogen-bond acceptors (Lipinski definition) is 1. The number of allylic oxidation sites excluding steroid dienone is 3. The Morgan fingerprint density at radius 1 is 1.25 bits per heavy atom. The molecule has 0 aromatic rings. The van der Waals surface area contributed by atoms with E-state index in [-0.39, 0.29) is 0 Å². The molecule has 70 valence electrons. The summed E-state index contributed by atoms with van der Waals surface area (Å²) in [5, 5.41) is 3.26. The maximum absolute atomic E-state index is 3.26. The molecule has 0 aliphatic carbocycles. The molecule has 1 N–H and O–H groups in total. The van der Waals surface area contributed by atoms with E-state index >= 15 is 0 Å². The largest absolute Gasteiger partial charge is 0.314 e. The fourth-order valence-corrected chi connectivity index (χ4v) is 1.06. The Hall–Kier alpha value is -0.560. The van der Waals surface area contributed by atoms with Crippen molar-refractivity contribution in [2.24, 2.45) is 0 Å². The summed E-state index contributed by atoms with van der Waals surface area (Å²) in [5.41, 5.74) is 0. The third kappa shape index (κ3) is 6.17. The molecular weight excluding hydrogens is 146 g/mol. The Kier molecular flexibility index (Phi) is 8.14. The summed E-state index contributed by atoms with van der Waals surface area (Å²) in [6.07, 6.45) is 12.2. The highest BCUT2D eigenvalue weighted by molar-refractivity contribution is 5.05. The minimum atomic E-state index is 0.538. The highest BCUT2D eigenvalue weighted by Gasteiger charge is 1.96. The van der Waals surface area contributed by atoms with Crippen LogP contribution in [0.3, 0.4) is 0 Å². The second-order valence-corrected chi connectivity index (χ2v) is 2.91. The van der Waals surface area contributed by atoms with Gasteiger partial charge in [-0.3, -0.25) is 0 Å². The van der Waals surface area contributed by atoms with Crippen molar-refractivity contribution in [3.8, 4) is 0 Å². The molecule has 1 atom stereocenters. The second-order valence-electron chi connectivity index (χ2n) is 2.91. The van der Waals surface area contributed by atoms with Gasteiger partial charge in [-0.2, -0.15) is 0 Å². The maximum atomic E-state index is 3.26. The van der Waals surface area contributed by atoms with Crippen LogP contribution in [0.15, 0.2) is 24.3 Å². The summed E-state index contributed by atoms with van der Waals surface area (Å²) in [6, 6.07) is 0.538. The molecule has 1 nitrogen and oxygen atoms in total. The molecule has 1 unspecified atom stereocenters. The van der Waals surface area contributed by atoms with Crippen LogP contribution in [0.4, 0.5) is 0 Å². The van der Waals surface area contributed by atoms with Gasteiger partial charge in [0.2, 0.25) is 0 Å². The first kappa shape index (κ1) is 11.4. The Bertz CT molecular complexity index is 136. The van der Waals surface area contributed by atoms with Crippen LogP contribution in [0.1, 0.15) is 33.1 Å². The molecule has 0 spiro atoms. The monoisotopic (exact) mass is 167 g/mol. The maximum Gasteiger partial charge on any atom is 0.0249 e. The smallest absolute Gasteiger partial charge is 0.0249 e. The number of likely N-dealkylation sites (N-methyl/N-ethyl adjacent to an activating group) is 1. The van der Waals surface area contributed by atoms with Crippen molar-refractivity contribution in [2.45, 2.75) is 39.2 Å². The van der Waals surface area contributed by atoms with Crippen LogP contribution < -0.4 is 5.32 Å². The van der Waals surface area contributed by atoms with E-state index in [0.29, 0.717) is 6.04 Å². The summed E-state index contributed by atoms with van der Waals surface area (Å²) in [4.78, 5) is 0. The van der Waals surface area contributed by atoms with E-state index in [2.05, 4.69) is 43.5 Å². The van der Waals surface area contributed by atoms with Crippen molar-refractivity contribution in [3.05, 3.63) is 24.3 Å². The third-order valence-electron chi connectivity index (χ3n) is 1.80. The van der Waals surface area contributed by atoms with Gasteiger partial charge in [0.1, 0.15) is 0 Å². The lowest BCUT2D eigenvalue weighted by atomic mass is 10.1. The standard InChI is InChI=1S/C11H21N/c1-4-6-7-8-10-11(12-3)9-5-2/h6-8,10-12H,4-5,9H2,1-3H3/b7-6-,10-8+. The lowest BCUT2D eigenvalue weighted by molar-refractivity contribution is 0.604. The van der Waals surface area contributed by atoms with Gasteiger partial charge in [-0.1, -0.05) is 44.6 Å². The Morgan fingerprint density at radius 2 is 2.00 bits per heavy atom. The molecule has 1 heteroatoms. The molecule has 12 heavy (non-hydrogen) atoms. The Balaban J connectivity index is 3.67. The Morgan fingerprint density at radius 3 is 2.50 bits per heavy atom. The van der Waals surface area contributed by atoms with Crippen LogP contribution in [0, 0.1) is 0 Å². The van der Waals surface area contributed by atoms with Crippen LogP contribution >= 0.6 is 0 Å². The first-order valence-corrected chi connectivity index (χ1v) is 4.85. The van der Waals surface area contributed by atoms with Gasteiger partial charge >= 0.3 is 0 Å². The summed E-state index contributed by atoms with van der Waals surface area (Å²) in [6.45, 7) is 4.35. The molecule has 0 heterocycles. The second kappa shape index (κ2) is 8.54. The minimum absolute atomic E-state index is 0.538. The zero-order chi connectivity index (χ0) is 9.23. The van der Waals surface area contributed by atoms with Gasteiger partial charge in [0.25, 0.3) is 0 Å². The lowest BCUT2D eigenvalue weighted by Crippen LogP contribution is -2.21. The van der Waals surface area contributed by atoms with Gasteiger partial charge in [0.05, 0.1) is 0 Å². The van der Waals surface area contributed by atoms with Gasteiger partial charge in [0.15, 0.2) is 0 Å². The fourth-order valence-electron chi connectivity index (χ4n) is 1.06. The zero-order valence-electron chi connectivity index (χ0n) is 8.51. The van der Waals surface area contributed by atoms with Crippen LogP contribution in [-0.4, -0.2) is 13.1 Å². The van der Waals surface area contributed by atoms with Crippen LogP contribution in [0.25, 0.3) is 0 Å². The first-order valence-electron chi connectivity index (χ1n) is 4.85. The normalized spacial score (nSPS) is 14.6. The molecule has 0 aromatic carbocycles. The first-order chi connectivity index (χ1) is 5.85. The minimum Gasteiger partial charge on any atom is -0.314 e. The molecule has 0 saturated heterocycles. The van der Waals surface area contributed by atoms with Crippen LogP contribution in [0.5, 0.6) is 0 Å². The molecule has 0 saturated carbocycles. The summed E-state index contributed by atoms with van der Waals surface area (Å²) >= 11 is 0. The van der Waals surface area contributed by atoms with E-state index in [1.165, 1.54) is 12.8 Å². The van der Waals surface area contributed by atoms with Crippen LogP contribution in [-0.2, 0) is 0 Å². The molecule has 0 aromatic heterocycles. The van der Waals surface area contributed by atoms with E-state index in [9.17, 15) is 0 Å². The molecular formula is C11H21N. The molecule has 0 radical (unpaired) electrons. The topological polar surface area (TPSA) is 12.0 Å². The summed E-state index contributed by atoms with van der Waals surface area (Å²) in [7, 11) is 2.01. The highest BCUT2D eigenvalue weighted by Crippen LogP contribution is 1.97. The summed E-state index contributed by atoms with van der Waals surface area (Å²) in [5.74, 6) is 0. The van der Waals surface area contributed by atoms with Crippen molar-refractivity contribution >= 4 is 0 Å². The molecule has 0 aliphatic rings. The van der Waals surface area contributed by atoms with Crippen molar-refractivity contribution in [1.82, 2.24) is 5.32 Å². The average Bonchev–Trinajstić information content (AvgIpc) is 2.10. The van der Waals surface area contributed by atoms with E-state index < -0.39 is 0 Å². The van der Waals surface area contributed by atoms with Crippen LogP contribution in [0.2, 0.25) is 0 Å². The van der Waals surface area contributed by atoms with E-state index in [0.717, 1.165) is 6.42 Å². The van der Waals surface area contributed by atoms with Crippen molar-refractivity contribution in [3.63, 3.8) is 0 Å². The quantitative estimate of drug-likeness (QED) is 0.600. The number of hydrogen-bond donors (Lipinski definition) is 1. The van der Waals surface area contributed by atoms with Crippen molar-refractivity contribution < 1.29 is 0 Å². The van der Waals surface area contributed by atoms with E-state index in [4.69, 9.17) is 0 Å². The van der Waals surface area contributed by atoms with Crippen molar-refractivity contribution in [1.29, 1.82) is 0 Å². The van der Waals surface area contributed by atoms with Gasteiger partial charge in [-0.05, 0) is 19.9 Å². The molecule has 0 amide bonds. The Labute approximate surface area is 76.6 Å². The molecule has 0 fully saturated rings. The molecule has 0 rings (SSSR count). The van der Waals surface area contributed by atoms with Gasteiger partial charge in [-0.25, -0.2) is 0 Å². The zero-order valence-corrected chi connectivity index (χ0v) is 8.51. The third-order valence-corrected chi connectivity index (χ3v) is 1.80. The van der Waals surface area contributed by atoms with Gasteiger partial charge < -0.3 is 5.32 Å². The predicted molar refractivity (Wildman–Crippen MR) is 56.3 cm³/mol. The predicted octanol–water partition coefficient (Wildman–Crippen LogP) is 2.90.